The number of hydrogen-bond donors (Lipinski definition) is 1. The summed E-state index contributed by atoms with van der Waals surface area (Å²) in [5.74, 6) is -0.142. The molecule has 1 aliphatic rings. The molecule has 122 valence electrons. The molecule has 0 saturated heterocycles. The minimum absolute atomic E-state index is 0.0124. The molecule has 3 rings (SSSR count). The number of ketones is 1. The minimum atomic E-state index is -0.431. The first kappa shape index (κ1) is 16.5. The largest absolute Gasteiger partial charge is 0.357 e. The van der Waals surface area contributed by atoms with Crippen LogP contribution in [-0.2, 0) is 0 Å². The van der Waals surface area contributed by atoms with E-state index < -0.39 is 4.92 Å². The molecule has 2 aromatic rings. The lowest BCUT2D eigenvalue weighted by molar-refractivity contribution is -0.385. The van der Waals surface area contributed by atoms with Gasteiger partial charge in [0.1, 0.15) is 0 Å². The van der Waals surface area contributed by atoms with E-state index in [0.717, 1.165) is 16.9 Å². The Hall–Kier alpha value is -2.31. The monoisotopic (exact) mass is 360 g/mol. The first-order valence-corrected chi connectivity index (χ1v) is 8.31. The van der Waals surface area contributed by atoms with Crippen molar-refractivity contribution in [2.75, 3.05) is 5.32 Å². The summed E-state index contributed by atoms with van der Waals surface area (Å²) < 4.78 is 0. The Labute approximate surface area is 147 Å². The van der Waals surface area contributed by atoms with Gasteiger partial charge in [0.05, 0.1) is 15.5 Å². The summed E-state index contributed by atoms with van der Waals surface area (Å²) in [6.45, 7) is 3.62. The third-order valence-electron chi connectivity index (χ3n) is 3.67. The van der Waals surface area contributed by atoms with Crippen molar-refractivity contribution in [3.05, 3.63) is 73.3 Å². The van der Waals surface area contributed by atoms with E-state index in [1.807, 2.05) is 6.92 Å². The molecule has 0 aliphatic carbocycles. The van der Waals surface area contributed by atoms with Gasteiger partial charge in [0.2, 0.25) is 5.78 Å². The van der Waals surface area contributed by atoms with Crippen molar-refractivity contribution in [3.63, 3.8) is 0 Å². The van der Waals surface area contributed by atoms with E-state index in [2.05, 4.69) is 5.32 Å². The number of nitro benzene ring substituents is 1. The molecule has 0 aromatic heterocycles. The molecule has 0 fully saturated rings. The number of benzene rings is 2. The van der Waals surface area contributed by atoms with Crippen LogP contribution in [0.15, 0.2) is 51.9 Å². The second-order valence-electron chi connectivity index (χ2n) is 5.41. The number of thioether (sulfide) groups is 1. The van der Waals surface area contributed by atoms with Crippen LogP contribution in [0, 0.1) is 17.0 Å². The Kier molecular flexibility index (Phi) is 4.34. The average molecular weight is 361 g/mol. The first-order chi connectivity index (χ1) is 11.4. The van der Waals surface area contributed by atoms with Crippen molar-refractivity contribution in [2.45, 2.75) is 18.7 Å². The van der Waals surface area contributed by atoms with E-state index in [0.29, 0.717) is 20.4 Å². The van der Waals surface area contributed by atoms with E-state index >= 15 is 0 Å². The number of non-ortho nitro benzene ring substituents is 1. The fraction of sp³-hybridized carbons (Fsp3) is 0.118. The maximum Gasteiger partial charge on any atom is 0.270 e. The summed E-state index contributed by atoms with van der Waals surface area (Å²) in [5.41, 5.74) is 2.83. The number of carbonyl (C=O) groups excluding carboxylic acids is 1. The van der Waals surface area contributed by atoms with E-state index in [1.54, 1.807) is 31.2 Å². The van der Waals surface area contributed by atoms with Crippen LogP contribution in [-0.4, -0.2) is 10.7 Å². The summed E-state index contributed by atoms with van der Waals surface area (Å²) in [4.78, 5) is 24.6. The normalized spacial score (nSPS) is 13.3. The number of carbonyl (C=O) groups is 1. The molecule has 1 heterocycles. The van der Waals surface area contributed by atoms with E-state index in [4.69, 9.17) is 11.6 Å². The molecule has 0 saturated carbocycles. The van der Waals surface area contributed by atoms with Crippen LogP contribution in [0.1, 0.15) is 22.8 Å². The lowest BCUT2D eigenvalue weighted by atomic mass is 10.1. The van der Waals surface area contributed by atoms with Crippen molar-refractivity contribution in [1.82, 2.24) is 0 Å². The van der Waals surface area contributed by atoms with Crippen LogP contribution in [0.5, 0.6) is 0 Å². The summed E-state index contributed by atoms with van der Waals surface area (Å²) in [5, 5.41) is 14.8. The molecule has 1 N–H and O–H groups in total. The molecular formula is C17H13ClN2O3S. The average Bonchev–Trinajstić information content (AvgIpc) is 2.55. The number of aryl methyl sites for hydroxylation is 1. The molecule has 0 atom stereocenters. The topological polar surface area (TPSA) is 72.2 Å². The second kappa shape index (κ2) is 6.30. The first-order valence-electron chi connectivity index (χ1n) is 7.12. The zero-order chi connectivity index (χ0) is 17.4. The highest BCUT2D eigenvalue weighted by Crippen LogP contribution is 2.44. The third kappa shape index (κ3) is 3.02. The van der Waals surface area contributed by atoms with Gasteiger partial charge >= 0.3 is 0 Å². The number of nitrogens with zero attached hydrogens (tertiary/aromatic N) is 1. The molecular weight excluding hydrogens is 348 g/mol. The van der Waals surface area contributed by atoms with Gasteiger partial charge in [-0.25, -0.2) is 0 Å². The number of Topliss-reactive ketones (excluding diaryl/α,β-unsaturated/α-hetero) is 1. The second-order valence-corrected chi connectivity index (χ2v) is 6.90. The van der Waals surface area contributed by atoms with Crippen molar-refractivity contribution >= 4 is 40.5 Å². The van der Waals surface area contributed by atoms with Crippen molar-refractivity contribution in [1.29, 1.82) is 0 Å². The molecule has 0 bridgehead atoms. The van der Waals surface area contributed by atoms with Gasteiger partial charge in [0, 0.05) is 33.3 Å². The van der Waals surface area contributed by atoms with Crippen molar-refractivity contribution < 1.29 is 9.72 Å². The smallest absolute Gasteiger partial charge is 0.270 e. The summed E-state index contributed by atoms with van der Waals surface area (Å²) in [6, 6.07) is 9.66. The van der Waals surface area contributed by atoms with Crippen LogP contribution in [0.4, 0.5) is 11.4 Å². The zero-order valence-corrected chi connectivity index (χ0v) is 14.5. The van der Waals surface area contributed by atoms with Gasteiger partial charge in [0.25, 0.3) is 5.69 Å². The molecule has 0 unspecified atom stereocenters. The number of halogens is 1. The van der Waals surface area contributed by atoms with Crippen LogP contribution in [0.25, 0.3) is 0 Å². The molecule has 2 aromatic carbocycles. The predicted molar refractivity (Wildman–Crippen MR) is 95.8 cm³/mol. The SMILES string of the molecule is CC1=C(C(=O)c2ccc(Cl)cc2)Sc2cc([N+](=O)[O-])cc(C)c2N1. The molecule has 7 heteroatoms. The molecule has 1 aliphatic heterocycles. The fourth-order valence-corrected chi connectivity index (χ4v) is 3.72. The highest BCUT2D eigenvalue weighted by Gasteiger charge is 2.25. The van der Waals surface area contributed by atoms with Gasteiger partial charge < -0.3 is 5.32 Å². The maximum atomic E-state index is 12.7. The van der Waals surface area contributed by atoms with Crippen LogP contribution < -0.4 is 5.32 Å². The molecule has 0 amide bonds. The van der Waals surface area contributed by atoms with Gasteiger partial charge in [-0.2, -0.15) is 0 Å². The zero-order valence-electron chi connectivity index (χ0n) is 12.9. The number of rotatable bonds is 3. The Balaban J connectivity index is 1.99. The van der Waals surface area contributed by atoms with Gasteiger partial charge in [-0.1, -0.05) is 23.4 Å². The third-order valence-corrected chi connectivity index (χ3v) is 5.16. The Morgan fingerprint density at radius 1 is 1.21 bits per heavy atom. The predicted octanol–water partition coefficient (Wildman–Crippen LogP) is 5.19. The summed E-state index contributed by atoms with van der Waals surface area (Å²) >= 11 is 7.11. The number of nitrogens with one attached hydrogen (secondary N) is 1. The van der Waals surface area contributed by atoms with Gasteiger partial charge in [-0.3, -0.25) is 14.9 Å². The van der Waals surface area contributed by atoms with Crippen molar-refractivity contribution in [3.8, 4) is 0 Å². The van der Waals surface area contributed by atoms with Crippen LogP contribution >= 0.6 is 23.4 Å². The number of fused-ring (bicyclic) bond motifs is 1. The van der Waals surface area contributed by atoms with Crippen LogP contribution in [0.2, 0.25) is 5.02 Å². The van der Waals surface area contributed by atoms with E-state index in [9.17, 15) is 14.9 Å². The lowest BCUT2D eigenvalue weighted by Gasteiger charge is -2.23. The summed E-state index contributed by atoms with van der Waals surface area (Å²) in [7, 11) is 0. The van der Waals surface area contributed by atoms with Crippen molar-refractivity contribution in [2.24, 2.45) is 0 Å². The van der Waals surface area contributed by atoms with E-state index in [1.165, 1.54) is 23.9 Å². The minimum Gasteiger partial charge on any atom is -0.357 e. The van der Waals surface area contributed by atoms with Gasteiger partial charge in [0.15, 0.2) is 0 Å². The van der Waals surface area contributed by atoms with Gasteiger partial charge in [-0.15, -0.1) is 0 Å². The Bertz CT molecular complexity index is 891. The molecule has 5 nitrogen and oxygen atoms in total. The molecule has 0 radical (unpaired) electrons. The Morgan fingerprint density at radius 2 is 1.88 bits per heavy atom. The number of hydrogen-bond acceptors (Lipinski definition) is 5. The number of nitro groups is 1. The molecule has 24 heavy (non-hydrogen) atoms. The van der Waals surface area contributed by atoms with E-state index in [-0.39, 0.29) is 11.5 Å². The highest BCUT2D eigenvalue weighted by molar-refractivity contribution is 8.04. The Morgan fingerprint density at radius 3 is 2.50 bits per heavy atom. The standard InChI is InChI=1S/C17H13ClN2O3S/c1-9-7-13(20(22)23)8-14-15(9)19-10(2)17(24-14)16(21)11-3-5-12(18)6-4-11/h3-8,19H,1-2H3. The highest BCUT2D eigenvalue weighted by atomic mass is 35.5. The number of anilines is 1. The lowest BCUT2D eigenvalue weighted by Crippen LogP contribution is -2.13. The maximum absolute atomic E-state index is 12.7. The fourth-order valence-electron chi connectivity index (χ4n) is 2.46. The summed E-state index contributed by atoms with van der Waals surface area (Å²) in [6.07, 6.45) is 0. The van der Waals surface area contributed by atoms with Gasteiger partial charge in [-0.05, 0) is 43.7 Å². The van der Waals surface area contributed by atoms with Crippen LogP contribution in [0.3, 0.4) is 0 Å². The quantitative estimate of drug-likeness (QED) is 0.463. The molecule has 0 spiro atoms. The number of allylic oxidation sites excluding steroid dienone is 2.